The first-order valence-electron chi connectivity index (χ1n) is 6.76. The van der Waals surface area contributed by atoms with Crippen molar-refractivity contribution < 1.29 is 9.47 Å². The fourth-order valence-electron chi connectivity index (χ4n) is 1.87. The second-order valence-electron chi connectivity index (χ2n) is 4.22. The van der Waals surface area contributed by atoms with Crippen LogP contribution in [0.4, 0.5) is 0 Å². The SMILES string of the molecule is CCOC(CNCCc1ccccc1C)OCC. The van der Waals surface area contributed by atoms with Gasteiger partial charge in [0.05, 0.1) is 0 Å². The normalized spacial score (nSPS) is 11.1. The zero-order valence-corrected chi connectivity index (χ0v) is 11.7. The highest BCUT2D eigenvalue weighted by Gasteiger charge is 2.06. The maximum Gasteiger partial charge on any atom is 0.169 e. The van der Waals surface area contributed by atoms with Gasteiger partial charge in [-0.3, -0.25) is 0 Å². The maximum atomic E-state index is 5.47. The van der Waals surface area contributed by atoms with Crippen LogP contribution in [0.2, 0.25) is 0 Å². The van der Waals surface area contributed by atoms with Crippen molar-refractivity contribution >= 4 is 0 Å². The van der Waals surface area contributed by atoms with Crippen LogP contribution >= 0.6 is 0 Å². The average Bonchev–Trinajstić information content (AvgIpc) is 2.37. The van der Waals surface area contributed by atoms with Crippen molar-refractivity contribution in [2.24, 2.45) is 0 Å². The molecule has 18 heavy (non-hydrogen) atoms. The number of benzene rings is 1. The number of ether oxygens (including phenoxy) is 2. The molecule has 1 aromatic carbocycles. The Morgan fingerprint density at radius 1 is 1.11 bits per heavy atom. The van der Waals surface area contributed by atoms with Crippen LogP contribution in [0.5, 0.6) is 0 Å². The average molecular weight is 251 g/mol. The molecule has 1 aromatic rings. The van der Waals surface area contributed by atoms with Crippen LogP contribution in [0.25, 0.3) is 0 Å². The fraction of sp³-hybridized carbons (Fsp3) is 0.600. The maximum absolute atomic E-state index is 5.47. The summed E-state index contributed by atoms with van der Waals surface area (Å²) in [5, 5.41) is 3.38. The quantitative estimate of drug-likeness (QED) is 0.540. The first kappa shape index (κ1) is 15.2. The van der Waals surface area contributed by atoms with Gasteiger partial charge < -0.3 is 14.8 Å². The van der Waals surface area contributed by atoms with E-state index in [0.717, 1.165) is 19.5 Å². The molecule has 1 rings (SSSR count). The van der Waals surface area contributed by atoms with E-state index >= 15 is 0 Å². The summed E-state index contributed by atoms with van der Waals surface area (Å²) < 4.78 is 10.9. The summed E-state index contributed by atoms with van der Waals surface area (Å²) in [6.07, 6.45) is 0.911. The number of hydrogen-bond donors (Lipinski definition) is 1. The van der Waals surface area contributed by atoms with Crippen molar-refractivity contribution in [3.8, 4) is 0 Å². The van der Waals surface area contributed by atoms with E-state index in [1.165, 1.54) is 11.1 Å². The molecule has 0 atom stereocenters. The number of hydrogen-bond acceptors (Lipinski definition) is 3. The van der Waals surface area contributed by atoms with E-state index in [1.54, 1.807) is 0 Å². The van der Waals surface area contributed by atoms with E-state index in [1.807, 2.05) is 13.8 Å². The van der Waals surface area contributed by atoms with Crippen LogP contribution in [-0.2, 0) is 15.9 Å². The standard InChI is InChI=1S/C15H25NO2/c1-4-17-15(18-5-2)12-16-11-10-14-9-7-6-8-13(14)3/h6-9,15-16H,4-5,10-12H2,1-3H3. The van der Waals surface area contributed by atoms with Gasteiger partial charge in [0.1, 0.15) is 0 Å². The van der Waals surface area contributed by atoms with Crippen molar-refractivity contribution in [3.63, 3.8) is 0 Å². The number of rotatable bonds is 9. The van der Waals surface area contributed by atoms with Gasteiger partial charge in [-0.1, -0.05) is 24.3 Å². The molecule has 0 aliphatic heterocycles. The van der Waals surface area contributed by atoms with Crippen LogP contribution in [-0.4, -0.2) is 32.6 Å². The molecule has 0 saturated heterocycles. The highest BCUT2D eigenvalue weighted by molar-refractivity contribution is 5.25. The zero-order chi connectivity index (χ0) is 13.2. The lowest BCUT2D eigenvalue weighted by Gasteiger charge is -2.17. The topological polar surface area (TPSA) is 30.5 Å². The molecule has 0 bridgehead atoms. The summed E-state index contributed by atoms with van der Waals surface area (Å²) in [6, 6.07) is 8.50. The molecule has 0 aliphatic carbocycles. The van der Waals surface area contributed by atoms with Gasteiger partial charge in [-0.25, -0.2) is 0 Å². The minimum Gasteiger partial charge on any atom is -0.352 e. The van der Waals surface area contributed by atoms with E-state index < -0.39 is 0 Å². The summed E-state index contributed by atoms with van der Waals surface area (Å²) in [5.74, 6) is 0. The predicted octanol–water partition coefficient (Wildman–Crippen LogP) is 2.53. The molecule has 0 amide bonds. The van der Waals surface area contributed by atoms with Crippen molar-refractivity contribution in [2.75, 3.05) is 26.3 Å². The Kier molecular flexibility index (Phi) is 7.65. The largest absolute Gasteiger partial charge is 0.352 e. The molecular formula is C15H25NO2. The zero-order valence-electron chi connectivity index (χ0n) is 11.7. The van der Waals surface area contributed by atoms with Gasteiger partial charge in [-0.05, 0) is 44.9 Å². The molecule has 1 N–H and O–H groups in total. The first-order chi connectivity index (χ1) is 8.77. The summed E-state index contributed by atoms with van der Waals surface area (Å²) in [6.45, 7) is 9.18. The van der Waals surface area contributed by atoms with E-state index in [0.29, 0.717) is 13.2 Å². The summed E-state index contributed by atoms with van der Waals surface area (Å²) in [5.41, 5.74) is 2.75. The van der Waals surface area contributed by atoms with Gasteiger partial charge in [0.25, 0.3) is 0 Å². The summed E-state index contributed by atoms with van der Waals surface area (Å²) in [7, 11) is 0. The monoisotopic (exact) mass is 251 g/mol. The lowest BCUT2D eigenvalue weighted by Crippen LogP contribution is -2.32. The molecule has 0 unspecified atom stereocenters. The molecule has 0 fully saturated rings. The van der Waals surface area contributed by atoms with Gasteiger partial charge >= 0.3 is 0 Å². The van der Waals surface area contributed by atoms with Crippen LogP contribution in [0, 0.1) is 6.92 Å². The lowest BCUT2D eigenvalue weighted by molar-refractivity contribution is -0.132. The Morgan fingerprint density at radius 3 is 2.39 bits per heavy atom. The molecule has 0 saturated carbocycles. The highest BCUT2D eigenvalue weighted by Crippen LogP contribution is 2.06. The van der Waals surface area contributed by atoms with E-state index in [4.69, 9.17) is 9.47 Å². The Bertz CT molecular complexity index is 322. The number of aryl methyl sites for hydroxylation is 1. The van der Waals surface area contributed by atoms with Crippen LogP contribution in [0.1, 0.15) is 25.0 Å². The predicted molar refractivity (Wildman–Crippen MR) is 74.8 cm³/mol. The van der Waals surface area contributed by atoms with Crippen LogP contribution < -0.4 is 5.32 Å². The number of nitrogens with one attached hydrogen (secondary N) is 1. The van der Waals surface area contributed by atoms with Gasteiger partial charge in [0.2, 0.25) is 0 Å². The minimum absolute atomic E-state index is 0.128. The molecule has 3 nitrogen and oxygen atoms in total. The van der Waals surface area contributed by atoms with Gasteiger partial charge in [0, 0.05) is 19.8 Å². The Morgan fingerprint density at radius 2 is 1.78 bits per heavy atom. The highest BCUT2D eigenvalue weighted by atomic mass is 16.7. The lowest BCUT2D eigenvalue weighted by atomic mass is 10.1. The Labute approximate surface area is 110 Å². The second kappa shape index (κ2) is 9.09. The fourth-order valence-corrected chi connectivity index (χ4v) is 1.87. The van der Waals surface area contributed by atoms with E-state index in [2.05, 4.69) is 36.5 Å². The first-order valence-corrected chi connectivity index (χ1v) is 6.76. The van der Waals surface area contributed by atoms with E-state index in [9.17, 15) is 0 Å². The van der Waals surface area contributed by atoms with Gasteiger partial charge in [-0.2, -0.15) is 0 Å². The summed E-state index contributed by atoms with van der Waals surface area (Å²) >= 11 is 0. The van der Waals surface area contributed by atoms with Gasteiger partial charge in [-0.15, -0.1) is 0 Å². The third kappa shape index (κ3) is 5.63. The van der Waals surface area contributed by atoms with E-state index in [-0.39, 0.29) is 6.29 Å². The van der Waals surface area contributed by atoms with Crippen molar-refractivity contribution in [1.29, 1.82) is 0 Å². The summed E-state index contributed by atoms with van der Waals surface area (Å²) in [4.78, 5) is 0. The molecule has 0 heterocycles. The van der Waals surface area contributed by atoms with Gasteiger partial charge in [0.15, 0.2) is 6.29 Å². The molecule has 3 heteroatoms. The molecule has 0 radical (unpaired) electrons. The van der Waals surface area contributed by atoms with Crippen molar-refractivity contribution in [3.05, 3.63) is 35.4 Å². The van der Waals surface area contributed by atoms with Crippen LogP contribution in [0.3, 0.4) is 0 Å². The second-order valence-corrected chi connectivity index (χ2v) is 4.22. The van der Waals surface area contributed by atoms with Crippen LogP contribution in [0.15, 0.2) is 24.3 Å². The third-order valence-corrected chi connectivity index (χ3v) is 2.85. The van der Waals surface area contributed by atoms with Crippen molar-refractivity contribution in [2.45, 2.75) is 33.5 Å². The molecule has 0 aliphatic rings. The third-order valence-electron chi connectivity index (χ3n) is 2.85. The molecular weight excluding hydrogens is 226 g/mol. The molecule has 102 valence electrons. The smallest absolute Gasteiger partial charge is 0.169 e. The Balaban J connectivity index is 2.23. The molecule has 0 aromatic heterocycles. The Hall–Kier alpha value is -0.900. The molecule has 0 spiro atoms. The van der Waals surface area contributed by atoms with Crippen molar-refractivity contribution in [1.82, 2.24) is 5.32 Å². The minimum atomic E-state index is -0.128.